The molecule has 2 aromatic rings. The molecule has 7 heteroatoms. The minimum atomic E-state index is 0.131. The Balaban J connectivity index is 1.26. The Labute approximate surface area is 194 Å². The fourth-order valence-corrected chi connectivity index (χ4v) is 5.55. The van der Waals surface area contributed by atoms with Crippen LogP contribution < -0.4 is 15.1 Å². The molecule has 0 aliphatic carbocycles. The van der Waals surface area contributed by atoms with Crippen LogP contribution in [-0.4, -0.2) is 63.2 Å². The maximum Gasteiger partial charge on any atom is 0.253 e. The molecule has 1 spiro atoms. The monoisotopic (exact) mass is 449 g/mol. The third-order valence-corrected chi connectivity index (χ3v) is 7.49. The summed E-state index contributed by atoms with van der Waals surface area (Å²) in [5.41, 5.74) is 3.61. The second kappa shape index (κ2) is 8.65. The molecule has 1 atom stereocenters. The number of likely N-dealkylation sites (tertiary alicyclic amines) is 1. The smallest absolute Gasteiger partial charge is 0.253 e. The first-order valence-corrected chi connectivity index (χ1v) is 11.7. The number of piperazine rings is 1. The average molecular weight is 450 g/mol. The van der Waals surface area contributed by atoms with Crippen molar-refractivity contribution in [3.8, 4) is 6.07 Å². The molecule has 3 aliphatic rings. The van der Waals surface area contributed by atoms with Crippen LogP contribution in [0.5, 0.6) is 0 Å². The van der Waals surface area contributed by atoms with E-state index in [0.717, 1.165) is 82.1 Å². The number of anilines is 2. The van der Waals surface area contributed by atoms with Gasteiger partial charge in [0.2, 0.25) is 0 Å². The van der Waals surface area contributed by atoms with Gasteiger partial charge >= 0.3 is 0 Å². The summed E-state index contributed by atoms with van der Waals surface area (Å²) in [5, 5.41) is 13.0. The number of nitrogens with one attached hydrogen (secondary N) is 1. The van der Waals surface area contributed by atoms with Gasteiger partial charge < -0.3 is 20.0 Å². The van der Waals surface area contributed by atoms with Crippen LogP contribution in [0, 0.1) is 16.7 Å². The number of halogens is 1. The number of carbonyl (C=O) groups is 1. The van der Waals surface area contributed by atoms with Gasteiger partial charge in [0.05, 0.1) is 10.6 Å². The van der Waals surface area contributed by atoms with Crippen LogP contribution in [0.2, 0.25) is 5.02 Å². The van der Waals surface area contributed by atoms with Crippen molar-refractivity contribution in [2.45, 2.75) is 12.8 Å². The van der Waals surface area contributed by atoms with E-state index in [1.54, 1.807) is 6.07 Å². The van der Waals surface area contributed by atoms with Gasteiger partial charge in [-0.2, -0.15) is 5.26 Å². The standard InChI is InChI=1S/C25H28ClN5O/c26-23-15-22(5-4-20(23)16-27)30-10-6-25(17-30)7-11-31(18-25)24(32)19-2-1-3-21(14-19)29-12-8-28-9-13-29/h1-5,14-15,28H,6-13,17-18H2. The predicted octanol–water partition coefficient (Wildman–Crippen LogP) is 3.36. The maximum absolute atomic E-state index is 13.3. The molecule has 3 fully saturated rings. The Hall–Kier alpha value is -2.75. The number of nitrogens with zero attached hydrogens (tertiary/aromatic N) is 4. The lowest BCUT2D eigenvalue weighted by atomic mass is 9.86. The number of hydrogen-bond donors (Lipinski definition) is 1. The summed E-state index contributed by atoms with van der Waals surface area (Å²) in [6.07, 6.45) is 2.09. The lowest BCUT2D eigenvalue weighted by Gasteiger charge is -2.30. The molecule has 1 N–H and O–H groups in total. The van der Waals surface area contributed by atoms with E-state index in [9.17, 15) is 4.79 Å². The number of carbonyl (C=O) groups excluding carboxylic acids is 1. The summed E-state index contributed by atoms with van der Waals surface area (Å²) >= 11 is 6.25. The number of hydrogen-bond acceptors (Lipinski definition) is 5. The SMILES string of the molecule is N#Cc1ccc(N2CCC3(CCN(C(=O)c4cccc(N5CCNCC5)c4)C3)C2)cc1Cl. The lowest BCUT2D eigenvalue weighted by Crippen LogP contribution is -2.43. The molecular formula is C25H28ClN5O. The quantitative estimate of drug-likeness (QED) is 0.778. The molecule has 1 amide bonds. The third kappa shape index (κ3) is 4.03. The van der Waals surface area contributed by atoms with Crippen LogP contribution in [0.15, 0.2) is 42.5 Å². The summed E-state index contributed by atoms with van der Waals surface area (Å²) in [7, 11) is 0. The number of benzene rings is 2. The van der Waals surface area contributed by atoms with Gasteiger partial charge in [-0.3, -0.25) is 4.79 Å². The third-order valence-electron chi connectivity index (χ3n) is 7.18. The highest BCUT2D eigenvalue weighted by atomic mass is 35.5. The Morgan fingerprint density at radius 3 is 2.53 bits per heavy atom. The second-order valence-electron chi connectivity index (χ2n) is 9.21. The van der Waals surface area contributed by atoms with E-state index in [1.165, 1.54) is 0 Å². The van der Waals surface area contributed by atoms with Gasteiger partial charge in [0.25, 0.3) is 5.91 Å². The number of amides is 1. The Morgan fingerprint density at radius 2 is 1.75 bits per heavy atom. The predicted molar refractivity (Wildman–Crippen MR) is 127 cm³/mol. The van der Waals surface area contributed by atoms with E-state index in [1.807, 2.05) is 29.2 Å². The van der Waals surface area contributed by atoms with E-state index < -0.39 is 0 Å². The highest BCUT2D eigenvalue weighted by Crippen LogP contribution is 2.42. The molecule has 3 heterocycles. The second-order valence-corrected chi connectivity index (χ2v) is 9.62. The minimum absolute atomic E-state index is 0.131. The highest BCUT2D eigenvalue weighted by Gasteiger charge is 2.45. The summed E-state index contributed by atoms with van der Waals surface area (Å²) in [6.45, 7) is 7.37. The molecule has 3 aliphatic heterocycles. The molecule has 1 unspecified atom stereocenters. The molecule has 32 heavy (non-hydrogen) atoms. The topological polar surface area (TPSA) is 62.6 Å². The van der Waals surface area contributed by atoms with E-state index in [0.29, 0.717) is 10.6 Å². The maximum atomic E-state index is 13.3. The zero-order valence-corrected chi connectivity index (χ0v) is 18.9. The van der Waals surface area contributed by atoms with Crippen LogP contribution in [0.1, 0.15) is 28.8 Å². The van der Waals surface area contributed by atoms with Gasteiger partial charge in [-0.25, -0.2) is 0 Å². The zero-order valence-electron chi connectivity index (χ0n) is 18.2. The minimum Gasteiger partial charge on any atom is -0.371 e. The van der Waals surface area contributed by atoms with Crippen molar-refractivity contribution in [2.75, 3.05) is 62.2 Å². The molecule has 0 bridgehead atoms. The highest BCUT2D eigenvalue weighted by molar-refractivity contribution is 6.32. The van der Waals surface area contributed by atoms with Crippen LogP contribution in [-0.2, 0) is 0 Å². The molecule has 0 aromatic heterocycles. The number of rotatable bonds is 3. The molecule has 2 aromatic carbocycles. The van der Waals surface area contributed by atoms with Crippen LogP contribution in [0.4, 0.5) is 11.4 Å². The molecule has 3 saturated heterocycles. The van der Waals surface area contributed by atoms with E-state index in [4.69, 9.17) is 16.9 Å². The van der Waals surface area contributed by atoms with Gasteiger partial charge in [0.15, 0.2) is 0 Å². The molecule has 6 nitrogen and oxygen atoms in total. The molecule has 5 rings (SSSR count). The van der Waals surface area contributed by atoms with Crippen molar-refractivity contribution in [2.24, 2.45) is 5.41 Å². The summed E-state index contributed by atoms with van der Waals surface area (Å²) in [5.74, 6) is 0.138. The Bertz CT molecular complexity index is 1060. The summed E-state index contributed by atoms with van der Waals surface area (Å²) < 4.78 is 0. The zero-order chi connectivity index (χ0) is 22.1. The van der Waals surface area contributed by atoms with Crippen LogP contribution >= 0.6 is 11.6 Å². The van der Waals surface area contributed by atoms with Crippen LogP contribution in [0.3, 0.4) is 0 Å². The summed E-state index contributed by atoms with van der Waals surface area (Å²) in [6, 6.07) is 15.9. The lowest BCUT2D eigenvalue weighted by molar-refractivity contribution is 0.0776. The Kier molecular flexibility index (Phi) is 5.71. The van der Waals surface area contributed by atoms with E-state index in [-0.39, 0.29) is 11.3 Å². The molecule has 0 saturated carbocycles. The van der Waals surface area contributed by atoms with Gasteiger partial charge in [0.1, 0.15) is 6.07 Å². The largest absolute Gasteiger partial charge is 0.371 e. The van der Waals surface area contributed by atoms with E-state index in [2.05, 4.69) is 33.3 Å². The molecular weight excluding hydrogens is 422 g/mol. The summed E-state index contributed by atoms with van der Waals surface area (Å²) in [4.78, 5) is 20.0. The van der Waals surface area contributed by atoms with Crippen molar-refractivity contribution in [1.29, 1.82) is 5.26 Å². The van der Waals surface area contributed by atoms with Crippen LogP contribution in [0.25, 0.3) is 0 Å². The first-order valence-electron chi connectivity index (χ1n) is 11.4. The van der Waals surface area contributed by atoms with Crippen molar-refractivity contribution in [1.82, 2.24) is 10.2 Å². The first-order chi connectivity index (χ1) is 15.6. The van der Waals surface area contributed by atoms with Crippen molar-refractivity contribution in [3.63, 3.8) is 0 Å². The fraction of sp³-hybridized carbons (Fsp3) is 0.440. The first kappa shape index (κ1) is 21.1. The van der Waals surface area contributed by atoms with Crippen molar-refractivity contribution >= 4 is 28.9 Å². The van der Waals surface area contributed by atoms with Crippen molar-refractivity contribution < 1.29 is 4.79 Å². The Morgan fingerprint density at radius 1 is 0.969 bits per heavy atom. The fourth-order valence-electron chi connectivity index (χ4n) is 5.33. The van der Waals surface area contributed by atoms with E-state index >= 15 is 0 Å². The van der Waals surface area contributed by atoms with Gasteiger partial charge in [0, 0.05) is 74.7 Å². The average Bonchev–Trinajstić information content (AvgIpc) is 3.46. The van der Waals surface area contributed by atoms with Gasteiger partial charge in [-0.1, -0.05) is 17.7 Å². The number of nitriles is 1. The van der Waals surface area contributed by atoms with Crippen molar-refractivity contribution in [3.05, 3.63) is 58.6 Å². The van der Waals surface area contributed by atoms with Gasteiger partial charge in [-0.05, 0) is 49.2 Å². The molecule has 0 radical (unpaired) electrons. The molecule has 166 valence electrons. The van der Waals surface area contributed by atoms with Gasteiger partial charge in [-0.15, -0.1) is 0 Å². The normalized spacial score (nSPS) is 23.1.